The van der Waals surface area contributed by atoms with Crippen molar-refractivity contribution in [2.75, 3.05) is 17.2 Å². The molecule has 1 aliphatic rings. The first kappa shape index (κ1) is 21.2. The molecule has 0 fully saturated rings. The Morgan fingerprint density at radius 1 is 1.03 bits per heavy atom. The van der Waals surface area contributed by atoms with E-state index in [9.17, 15) is 0 Å². The Labute approximate surface area is 196 Å². The topological polar surface area (TPSA) is 88.2 Å². The number of rotatable bonds is 7. The van der Waals surface area contributed by atoms with Crippen LogP contribution < -0.4 is 10.6 Å². The van der Waals surface area contributed by atoms with Gasteiger partial charge in [-0.3, -0.25) is 4.99 Å². The highest BCUT2D eigenvalue weighted by molar-refractivity contribution is 6.30. The van der Waals surface area contributed by atoms with Gasteiger partial charge in [-0.15, -0.1) is 0 Å². The van der Waals surface area contributed by atoms with Crippen molar-refractivity contribution in [3.63, 3.8) is 0 Å². The Balaban J connectivity index is 1.51. The molecule has 0 radical (unpaired) electrons. The quantitative estimate of drug-likeness (QED) is 0.356. The van der Waals surface area contributed by atoms with Crippen molar-refractivity contribution in [1.82, 2.24) is 15.1 Å². The number of aryl methyl sites for hydroxylation is 2. The lowest BCUT2D eigenvalue weighted by molar-refractivity contribution is 0.393. The molecule has 4 aromatic rings. The predicted molar refractivity (Wildman–Crippen MR) is 133 cm³/mol. The number of hydrogen-bond donors (Lipinski definition) is 2. The third kappa shape index (κ3) is 4.59. The third-order valence-corrected chi connectivity index (χ3v) is 5.77. The van der Waals surface area contributed by atoms with E-state index < -0.39 is 0 Å². The van der Waals surface area contributed by atoms with Crippen molar-refractivity contribution in [1.29, 1.82) is 0 Å². The van der Waals surface area contributed by atoms with Gasteiger partial charge in [0.1, 0.15) is 11.6 Å². The van der Waals surface area contributed by atoms with E-state index in [4.69, 9.17) is 26.1 Å². The van der Waals surface area contributed by atoms with E-state index >= 15 is 0 Å². The molecule has 0 saturated heterocycles. The Morgan fingerprint density at radius 3 is 2.70 bits per heavy atom. The molecule has 0 saturated carbocycles. The van der Waals surface area contributed by atoms with Gasteiger partial charge in [0.2, 0.25) is 5.95 Å². The van der Waals surface area contributed by atoms with Crippen molar-refractivity contribution < 1.29 is 4.52 Å². The monoisotopic (exact) mass is 458 g/mol. The Kier molecular flexibility index (Phi) is 5.79. The molecule has 0 bridgehead atoms. The molecule has 166 valence electrons. The summed E-state index contributed by atoms with van der Waals surface area (Å²) in [4.78, 5) is 13.9. The molecule has 5 rings (SSSR count). The van der Waals surface area contributed by atoms with Gasteiger partial charge in [-0.05, 0) is 49.2 Å². The van der Waals surface area contributed by atoms with Crippen molar-refractivity contribution in [3.05, 3.63) is 76.8 Å². The number of nitrogens with zero attached hydrogens (tertiary/aromatic N) is 4. The van der Waals surface area contributed by atoms with Crippen LogP contribution in [0.25, 0.3) is 22.0 Å². The second-order valence-corrected chi connectivity index (χ2v) is 8.38. The lowest BCUT2D eigenvalue weighted by Gasteiger charge is -2.13. The molecule has 8 heteroatoms. The fourth-order valence-corrected chi connectivity index (χ4v) is 4.14. The lowest BCUT2D eigenvalue weighted by Crippen LogP contribution is -2.14. The molecular weight excluding hydrogens is 436 g/mol. The highest BCUT2D eigenvalue weighted by atomic mass is 35.5. The summed E-state index contributed by atoms with van der Waals surface area (Å²) in [5.41, 5.74) is 5.82. The minimum absolute atomic E-state index is 0.552. The fraction of sp³-hybridized carbons (Fsp3) is 0.200. The SMILES string of the molecule is Cc1noc(C)c1-c1ccc2nc(NCC3=NC=CC3)nc(NCc3cccc(Cl)c3)c2c1. The largest absolute Gasteiger partial charge is 0.365 e. The second kappa shape index (κ2) is 9.03. The number of allylic oxidation sites excluding steroid dienone is 1. The lowest BCUT2D eigenvalue weighted by atomic mass is 10.0. The van der Waals surface area contributed by atoms with Crippen LogP contribution in [0.2, 0.25) is 5.02 Å². The first-order valence-electron chi connectivity index (χ1n) is 10.7. The molecule has 0 amide bonds. The maximum absolute atomic E-state index is 6.16. The standard InChI is InChI=1S/C25H23ClN6O/c1-15-23(16(2)33-32-15)18-8-9-22-21(12-18)24(28-13-17-5-3-6-19(26)11-17)31-25(30-22)29-14-20-7-4-10-27-20/h3-6,8-12H,7,13-14H2,1-2H3,(H2,28,29,30,31). The normalized spacial score (nSPS) is 12.9. The summed E-state index contributed by atoms with van der Waals surface area (Å²) in [6.45, 7) is 5.04. The van der Waals surface area contributed by atoms with Gasteiger partial charge in [0, 0.05) is 40.8 Å². The van der Waals surface area contributed by atoms with E-state index in [1.807, 2.05) is 62.5 Å². The molecule has 0 aliphatic carbocycles. The molecule has 2 aromatic heterocycles. The van der Waals surface area contributed by atoms with Crippen molar-refractivity contribution in [2.24, 2.45) is 4.99 Å². The van der Waals surface area contributed by atoms with Crippen molar-refractivity contribution in [3.8, 4) is 11.1 Å². The zero-order valence-corrected chi connectivity index (χ0v) is 19.1. The Hall–Kier alpha value is -3.71. The first-order valence-corrected chi connectivity index (χ1v) is 11.1. The maximum Gasteiger partial charge on any atom is 0.225 e. The summed E-state index contributed by atoms with van der Waals surface area (Å²) >= 11 is 6.16. The van der Waals surface area contributed by atoms with Crippen LogP contribution in [-0.2, 0) is 6.54 Å². The zero-order valence-electron chi connectivity index (χ0n) is 18.4. The summed E-state index contributed by atoms with van der Waals surface area (Å²) in [6, 6.07) is 13.9. The van der Waals surface area contributed by atoms with Crippen LogP contribution in [0.1, 0.15) is 23.4 Å². The Bertz CT molecular complexity index is 1370. The van der Waals surface area contributed by atoms with E-state index in [0.717, 1.165) is 57.0 Å². The van der Waals surface area contributed by atoms with Gasteiger partial charge in [0.05, 0.1) is 17.8 Å². The molecule has 0 spiro atoms. The smallest absolute Gasteiger partial charge is 0.225 e. The zero-order chi connectivity index (χ0) is 22.8. The molecule has 7 nitrogen and oxygen atoms in total. The molecule has 0 unspecified atom stereocenters. The molecule has 2 N–H and O–H groups in total. The van der Waals surface area contributed by atoms with Gasteiger partial charge < -0.3 is 15.2 Å². The second-order valence-electron chi connectivity index (χ2n) is 7.95. The van der Waals surface area contributed by atoms with Gasteiger partial charge in [-0.1, -0.05) is 41.0 Å². The molecule has 3 heterocycles. The summed E-state index contributed by atoms with van der Waals surface area (Å²) in [7, 11) is 0. The summed E-state index contributed by atoms with van der Waals surface area (Å²) in [5, 5.41) is 12.5. The van der Waals surface area contributed by atoms with Gasteiger partial charge in [0.25, 0.3) is 0 Å². The fourth-order valence-electron chi connectivity index (χ4n) is 3.92. The number of aromatic nitrogens is 3. The van der Waals surface area contributed by atoms with Crippen LogP contribution in [0.4, 0.5) is 11.8 Å². The number of nitrogens with one attached hydrogen (secondary N) is 2. The van der Waals surface area contributed by atoms with Crippen LogP contribution in [0.5, 0.6) is 0 Å². The number of benzene rings is 2. The van der Waals surface area contributed by atoms with E-state index in [2.05, 4.69) is 26.8 Å². The highest BCUT2D eigenvalue weighted by Crippen LogP contribution is 2.32. The van der Waals surface area contributed by atoms with Crippen molar-refractivity contribution >= 4 is 40.0 Å². The maximum atomic E-state index is 6.16. The van der Waals surface area contributed by atoms with E-state index in [0.29, 0.717) is 24.1 Å². The highest BCUT2D eigenvalue weighted by Gasteiger charge is 2.15. The molecule has 1 aliphatic heterocycles. The molecular formula is C25H23ClN6O. The number of aliphatic imine (C=N–C) groups is 1. The van der Waals surface area contributed by atoms with E-state index in [-0.39, 0.29) is 0 Å². The average molecular weight is 459 g/mol. The average Bonchev–Trinajstić information content (AvgIpc) is 3.45. The van der Waals surface area contributed by atoms with Gasteiger partial charge >= 0.3 is 0 Å². The van der Waals surface area contributed by atoms with Gasteiger partial charge in [0.15, 0.2) is 0 Å². The summed E-state index contributed by atoms with van der Waals surface area (Å²) < 4.78 is 5.37. The molecule has 33 heavy (non-hydrogen) atoms. The minimum Gasteiger partial charge on any atom is -0.365 e. The number of anilines is 2. The first-order chi connectivity index (χ1) is 16.1. The number of fused-ring (bicyclic) bond motifs is 1. The van der Waals surface area contributed by atoms with E-state index in [1.165, 1.54) is 0 Å². The number of halogens is 1. The minimum atomic E-state index is 0.552. The molecule has 2 aromatic carbocycles. The van der Waals surface area contributed by atoms with Gasteiger partial charge in [-0.25, -0.2) is 4.98 Å². The van der Waals surface area contributed by atoms with Crippen LogP contribution in [0.15, 0.2) is 64.3 Å². The van der Waals surface area contributed by atoms with Gasteiger partial charge in [-0.2, -0.15) is 4.98 Å². The number of hydrogen-bond acceptors (Lipinski definition) is 7. The van der Waals surface area contributed by atoms with Crippen LogP contribution >= 0.6 is 11.6 Å². The van der Waals surface area contributed by atoms with Crippen molar-refractivity contribution in [2.45, 2.75) is 26.8 Å². The summed E-state index contributed by atoms with van der Waals surface area (Å²) in [5.74, 6) is 2.07. The van der Waals surface area contributed by atoms with Crippen LogP contribution in [0.3, 0.4) is 0 Å². The molecule has 0 atom stereocenters. The third-order valence-electron chi connectivity index (χ3n) is 5.53. The summed E-state index contributed by atoms with van der Waals surface area (Å²) in [6.07, 6.45) is 4.71. The van der Waals surface area contributed by atoms with Crippen LogP contribution in [0, 0.1) is 13.8 Å². The Morgan fingerprint density at radius 2 is 1.94 bits per heavy atom. The van der Waals surface area contributed by atoms with E-state index in [1.54, 1.807) is 0 Å². The predicted octanol–water partition coefficient (Wildman–Crippen LogP) is 5.94. The van der Waals surface area contributed by atoms with Crippen LogP contribution in [-0.4, -0.2) is 27.4 Å².